The van der Waals surface area contributed by atoms with E-state index in [1.807, 2.05) is 0 Å². The lowest BCUT2D eigenvalue weighted by Crippen LogP contribution is -2.19. The van der Waals surface area contributed by atoms with Gasteiger partial charge in [0.15, 0.2) is 0 Å². The lowest BCUT2D eigenvalue weighted by Gasteiger charge is -2.15. The number of rotatable bonds is 4. The first-order valence-corrected chi connectivity index (χ1v) is 5.87. The van der Waals surface area contributed by atoms with E-state index < -0.39 is 0 Å². The van der Waals surface area contributed by atoms with Crippen LogP contribution in [0.3, 0.4) is 0 Å². The zero-order valence-electron chi connectivity index (χ0n) is 9.48. The second kappa shape index (κ2) is 5.20. The van der Waals surface area contributed by atoms with Crippen molar-refractivity contribution in [3.63, 3.8) is 0 Å². The van der Waals surface area contributed by atoms with Crippen LogP contribution in [0.25, 0.3) is 0 Å². The third-order valence-electron chi connectivity index (χ3n) is 2.48. The van der Waals surface area contributed by atoms with Gasteiger partial charge in [-0.2, -0.15) is 0 Å². The molecule has 0 aliphatic heterocycles. The largest absolute Gasteiger partial charge is 0.497 e. The fourth-order valence-corrected chi connectivity index (χ4v) is 2.11. The summed E-state index contributed by atoms with van der Waals surface area (Å²) < 4.78 is 22.7. The topological polar surface area (TPSA) is 47.0 Å². The minimum atomic E-state index is -0.322. The maximum Gasteiger partial charge on any atom is 0.132 e. The van der Waals surface area contributed by atoms with E-state index in [1.54, 1.807) is 24.6 Å². The minimum absolute atomic E-state index is 0.292. The van der Waals surface area contributed by atoms with Crippen LogP contribution in [0.1, 0.15) is 17.3 Å². The summed E-state index contributed by atoms with van der Waals surface area (Å²) in [5.74, 6) is 0.175. The zero-order chi connectivity index (χ0) is 12.3. The monoisotopic (exact) mass is 253 g/mol. The summed E-state index contributed by atoms with van der Waals surface area (Å²) in [4.78, 5) is 0. The maximum atomic E-state index is 13.9. The molecule has 1 unspecified atom stereocenters. The van der Waals surface area contributed by atoms with Crippen molar-refractivity contribution in [2.24, 2.45) is 0 Å². The van der Waals surface area contributed by atoms with Crippen molar-refractivity contribution in [1.29, 1.82) is 0 Å². The number of halogens is 1. The van der Waals surface area contributed by atoms with Gasteiger partial charge in [-0.1, -0.05) is 10.6 Å². The molecule has 0 spiro atoms. The van der Waals surface area contributed by atoms with E-state index >= 15 is 0 Å². The average Bonchev–Trinajstić information content (AvgIpc) is 2.85. The van der Waals surface area contributed by atoms with Crippen LogP contribution in [0.15, 0.2) is 23.6 Å². The van der Waals surface area contributed by atoms with Crippen LogP contribution in [0.4, 0.5) is 4.39 Å². The molecule has 0 fully saturated rings. The summed E-state index contributed by atoms with van der Waals surface area (Å²) in [5, 5.41) is 8.77. The van der Waals surface area contributed by atoms with Crippen molar-refractivity contribution >= 4 is 11.5 Å². The van der Waals surface area contributed by atoms with Gasteiger partial charge in [-0.25, -0.2) is 4.39 Å². The first kappa shape index (κ1) is 11.9. The molecule has 0 bridgehead atoms. The van der Waals surface area contributed by atoms with E-state index in [0.717, 1.165) is 0 Å². The van der Waals surface area contributed by atoms with Gasteiger partial charge in [-0.05, 0) is 24.6 Å². The van der Waals surface area contributed by atoms with Gasteiger partial charge in [0.2, 0.25) is 0 Å². The normalized spacial score (nSPS) is 12.4. The highest BCUT2D eigenvalue weighted by Gasteiger charge is 2.18. The first-order valence-electron chi connectivity index (χ1n) is 5.04. The predicted octanol–water partition coefficient (Wildman–Crippen LogP) is 1.99. The quantitative estimate of drug-likeness (QED) is 0.905. The molecule has 1 N–H and O–H groups in total. The lowest BCUT2D eigenvalue weighted by atomic mass is 10.0. The van der Waals surface area contributed by atoms with E-state index in [1.165, 1.54) is 24.7 Å². The van der Waals surface area contributed by atoms with E-state index in [-0.39, 0.29) is 11.9 Å². The molecule has 0 aliphatic carbocycles. The number of aromatic nitrogens is 2. The molecule has 0 saturated heterocycles. The standard InChI is InChI=1S/C11H12FN3OS/c1-13-11(10-6-17-15-14-10)8-4-3-7(16-2)5-9(8)12/h3-6,11,13H,1-2H3. The molecule has 0 radical (unpaired) electrons. The molecule has 90 valence electrons. The molecule has 2 rings (SSSR count). The van der Waals surface area contributed by atoms with Crippen molar-refractivity contribution in [1.82, 2.24) is 14.9 Å². The summed E-state index contributed by atoms with van der Waals surface area (Å²) in [6, 6.07) is 4.48. The number of hydrogen-bond acceptors (Lipinski definition) is 5. The summed E-state index contributed by atoms with van der Waals surface area (Å²) in [6.07, 6.45) is 0. The molecule has 0 amide bonds. The summed E-state index contributed by atoms with van der Waals surface area (Å²) >= 11 is 1.24. The molecular weight excluding hydrogens is 241 g/mol. The Morgan fingerprint density at radius 3 is 2.82 bits per heavy atom. The molecule has 0 saturated carbocycles. The van der Waals surface area contributed by atoms with E-state index in [4.69, 9.17) is 4.74 Å². The van der Waals surface area contributed by atoms with Crippen LogP contribution in [0, 0.1) is 5.82 Å². The maximum absolute atomic E-state index is 13.9. The van der Waals surface area contributed by atoms with Gasteiger partial charge in [-0.3, -0.25) is 0 Å². The third-order valence-corrected chi connectivity index (χ3v) is 3.00. The lowest BCUT2D eigenvalue weighted by molar-refractivity contribution is 0.410. The molecule has 1 aromatic heterocycles. The van der Waals surface area contributed by atoms with Gasteiger partial charge in [0.25, 0.3) is 0 Å². The van der Waals surface area contributed by atoms with Gasteiger partial charge in [0.05, 0.1) is 18.8 Å². The van der Waals surface area contributed by atoms with Crippen molar-refractivity contribution in [2.75, 3.05) is 14.2 Å². The number of benzene rings is 1. The highest BCUT2D eigenvalue weighted by Crippen LogP contribution is 2.26. The Labute approximate surface area is 103 Å². The van der Waals surface area contributed by atoms with Crippen LogP contribution >= 0.6 is 11.5 Å². The van der Waals surface area contributed by atoms with Crippen LogP contribution in [0.5, 0.6) is 5.75 Å². The first-order chi connectivity index (χ1) is 8.26. The van der Waals surface area contributed by atoms with Crippen LogP contribution < -0.4 is 10.1 Å². The van der Waals surface area contributed by atoms with Gasteiger partial charge in [-0.15, -0.1) is 5.10 Å². The van der Waals surface area contributed by atoms with Gasteiger partial charge < -0.3 is 10.1 Å². The fourth-order valence-electron chi connectivity index (χ4n) is 1.63. The fraction of sp³-hybridized carbons (Fsp3) is 0.273. The Morgan fingerprint density at radius 1 is 1.47 bits per heavy atom. The highest BCUT2D eigenvalue weighted by atomic mass is 32.1. The Kier molecular flexibility index (Phi) is 3.65. The van der Waals surface area contributed by atoms with Crippen molar-refractivity contribution in [2.45, 2.75) is 6.04 Å². The predicted molar refractivity (Wildman–Crippen MR) is 63.8 cm³/mol. The van der Waals surface area contributed by atoms with Crippen LogP contribution in [-0.4, -0.2) is 23.7 Å². The molecule has 4 nitrogen and oxygen atoms in total. The van der Waals surface area contributed by atoms with Crippen molar-refractivity contribution < 1.29 is 9.13 Å². The second-order valence-corrected chi connectivity index (χ2v) is 4.05. The molecular formula is C11H12FN3OS. The average molecular weight is 253 g/mol. The van der Waals surface area contributed by atoms with E-state index in [0.29, 0.717) is 17.0 Å². The molecule has 1 atom stereocenters. The minimum Gasteiger partial charge on any atom is -0.497 e. The Balaban J connectivity index is 2.38. The van der Waals surface area contributed by atoms with E-state index in [9.17, 15) is 4.39 Å². The zero-order valence-corrected chi connectivity index (χ0v) is 10.3. The van der Waals surface area contributed by atoms with Gasteiger partial charge in [0.1, 0.15) is 11.6 Å². The summed E-state index contributed by atoms with van der Waals surface area (Å²) in [7, 11) is 3.27. The van der Waals surface area contributed by atoms with Crippen molar-refractivity contribution in [3.8, 4) is 5.75 Å². The van der Waals surface area contributed by atoms with Gasteiger partial charge >= 0.3 is 0 Å². The molecule has 2 aromatic rings. The number of hydrogen-bond donors (Lipinski definition) is 1. The second-order valence-electron chi connectivity index (χ2n) is 3.44. The number of ether oxygens (including phenoxy) is 1. The Hall–Kier alpha value is -1.53. The van der Waals surface area contributed by atoms with Crippen molar-refractivity contribution in [3.05, 3.63) is 40.7 Å². The molecule has 0 aliphatic rings. The van der Waals surface area contributed by atoms with Crippen LogP contribution in [0.2, 0.25) is 0 Å². The number of nitrogens with zero attached hydrogens (tertiary/aromatic N) is 2. The molecule has 1 heterocycles. The number of methoxy groups -OCH3 is 1. The Bertz CT molecular complexity index is 489. The Morgan fingerprint density at radius 2 is 2.29 bits per heavy atom. The van der Waals surface area contributed by atoms with Gasteiger partial charge in [0, 0.05) is 17.0 Å². The van der Waals surface area contributed by atoms with E-state index in [2.05, 4.69) is 14.9 Å². The summed E-state index contributed by atoms with van der Waals surface area (Å²) in [6.45, 7) is 0. The SMILES string of the molecule is CNC(c1csnn1)c1ccc(OC)cc1F. The summed E-state index contributed by atoms with van der Waals surface area (Å²) in [5.41, 5.74) is 1.24. The molecule has 1 aromatic carbocycles. The molecule has 6 heteroatoms. The highest BCUT2D eigenvalue weighted by molar-refractivity contribution is 7.03. The smallest absolute Gasteiger partial charge is 0.132 e. The third kappa shape index (κ3) is 2.42. The number of nitrogens with one attached hydrogen (secondary N) is 1. The van der Waals surface area contributed by atoms with Crippen LogP contribution in [-0.2, 0) is 0 Å². The molecule has 17 heavy (non-hydrogen) atoms.